The topological polar surface area (TPSA) is 0 Å². The van der Waals surface area contributed by atoms with Crippen LogP contribution in [0.3, 0.4) is 0 Å². The molecule has 0 saturated heterocycles. The maximum Gasteiger partial charge on any atom is 0.0103 e. The van der Waals surface area contributed by atoms with E-state index in [0.717, 1.165) is 5.25 Å². The van der Waals surface area contributed by atoms with Gasteiger partial charge in [0.25, 0.3) is 0 Å². The van der Waals surface area contributed by atoms with Crippen molar-refractivity contribution in [3.63, 3.8) is 0 Å². The first kappa shape index (κ1) is 9.35. The molecule has 0 rings (SSSR count). The molecule has 0 radical (unpaired) electrons. The van der Waals surface area contributed by atoms with E-state index in [1.807, 2.05) is 0 Å². The average Bonchev–Trinajstić information content (AvgIpc) is 1.63. The van der Waals surface area contributed by atoms with Crippen molar-refractivity contribution in [3.8, 4) is 0 Å². The number of hydrogen-bond acceptors (Lipinski definition) is 1. The molecule has 0 heterocycles. The van der Waals surface area contributed by atoms with Crippen molar-refractivity contribution in [3.05, 3.63) is 0 Å². The van der Waals surface area contributed by atoms with E-state index in [1.54, 1.807) is 0 Å². The summed E-state index contributed by atoms with van der Waals surface area (Å²) in [6.45, 7) is 11.4. The van der Waals surface area contributed by atoms with Gasteiger partial charge >= 0.3 is 0 Å². The van der Waals surface area contributed by atoms with Crippen LogP contribution >= 0.6 is 11.8 Å². The highest BCUT2D eigenvalue weighted by molar-refractivity contribution is 8.01. The molecule has 0 unspecified atom stereocenters. The second kappa shape index (κ2) is 3.50. The quantitative estimate of drug-likeness (QED) is 0.588. The summed E-state index contributed by atoms with van der Waals surface area (Å²) in [5, 5.41) is 0.764. The molecule has 0 aromatic carbocycles. The van der Waals surface area contributed by atoms with Crippen LogP contribution in [0.5, 0.6) is 0 Å². The van der Waals surface area contributed by atoms with Crippen molar-refractivity contribution < 1.29 is 0 Å². The minimum absolute atomic E-state index is 0.480. The van der Waals surface area contributed by atoms with Crippen molar-refractivity contribution in [1.82, 2.24) is 0 Å². The van der Waals surface area contributed by atoms with Crippen LogP contribution in [-0.2, 0) is 0 Å². The minimum Gasteiger partial charge on any atom is -0.153 e. The highest BCUT2D eigenvalue weighted by Crippen LogP contribution is 2.30. The summed E-state index contributed by atoms with van der Waals surface area (Å²) in [6, 6.07) is 0. The fraction of sp³-hybridized carbons (Fsp3) is 1.00. The van der Waals surface area contributed by atoms with Gasteiger partial charge in [-0.1, -0.05) is 34.6 Å². The summed E-state index contributed by atoms with van der Waals surface area (Å²) in [6.07, 6.45) is 1.26. The van der Waals surface area contributed by atoms with Crippen molar-refractivity contribution in [1.29, 1.82) is 0 Å². The van der Waals surface area contributed by atoms with Gasteiger partial charge in [0.15, 0.2) is 0 Å². The lowest BCUT2D eigenvalue weighted by Gasteiger charge is -2.23. The van der Waals surface area contributed by atoms with Crippen LogP contribution in [-0.4, -0.2) is 10.00 Å². The molecular formula is C8H18S. The molecule has 0 spiro atoms. The third-order valence-corrected chi connectivity index (χ3v) is 2.80. The van der Waals surface area contributed by atoms with Crippen LogP contribution in [0.15, 0.2) is 0 Å². The summed E-state index contributed by atoms with van der Waals surface area (Å²) in [4.78, 5) is 0. The molecule has 0 N–H and O–H groups in total. The standard InChI is InChI=1S/C8H18S/c1-6-8(4,5)9-7(2)3/h7H,6H2,1-5H3. The molecule has 0 bridgehead atoms. The monoisotopic (exact) mass is 146 g/mol. The maximum absolute atomic E-state index is 2.30. The molecule has 0 aliphatic rings. The summed E-state index contributed by atoms with van der Waals surface area (Å²) >= 11 is 2.06. The fourth-order valence-electron chi connectivity index (χ4n) is 0.721. The highest BCUT2D eigenvalue weighted by atomic mass is 32.2. The van der Waals surface area contributed by atoms with E-state index in [4.69, 9.17) is 0 Å². The zero-order chi connectivity index (χ0) is 7.49. The van der Waals surface area contributed by atoms with Crippen LogP contribution in [0.2, 0.25) is 0 Å². The number of hydrogen-bond donors (Lipinski definition) is 0. The Hall–Kier alpha value is 0.350. The third kappa shape index (κ3) is 4.83. The first-order chi connectivity index (χ1) is 3.98. The normalized spacial score (nSPS) is 12.7. The Morgan fingerprint density at radius 2 is 1.78 bits per heavy atom. The van der Waals surface area contributed by atoms with Gasteiger partial charge in [-0.2, -0.15) is 11.8 Å². The Labute approximate surface area is 63.4 Å². The Morgan fingerprint density at radius 1 is 1.33 bits per heavy atom. The van der Waals surface area contributed by atoms with E-state index >= 15 is 0 Å². The minimum atomic E-state index is 0.480. The Morgan fingerprint density at radius 3 is 1.89 bits per heavy atom. The smallest absolute Gasteiger partial charge is 0.0103 e. The van der Waals surface area contributed by atoms with E-state index < -0.39 is 0 Å². The van der Waals surface area contributed by atoms with Gasteiger partial charge in [-0.25, -0.2) is 0 Å². The van der Waals surface area contributed by atoms with Crippen LogP contribution in [0.25, 0.3) is 0 Å². The van der Waals surface area contributed by atoms with E-state index in [1.165, 1.54) is 6.42 Å². The second-order valence-electron chi connectivity index (χ2n) is 3.28. The lowest BCUT2D eigenvalue weighted by atomic mass is 10.1. The predicted molar refractivity (Wildman–Crippen MR) is 47.1 cm³/mol. The summed E-state index contributed by atoms with van der Waals surface area (Å²) in [5.41, 5.74) is 0. The molecule has 1 heteroatoms. The summed E-state index contributed by atoms with van der Waals surface area (Å²) in [5.74, 6) is 0. The van der Waals surface area contributed by atoms with Crippen molar-refractivity contribution in [2.24, 2.45) is 0 Å². The van der Waals surface area contributed by atoms with Crippen molar-refractivity contribution >= 4 is 11.8 Å². The van der Waals surface area contributed by atoms with E-state index in [2.05, 4.69) is 46.4 Å². The fourth-order valence-corrected chi connectivity index (χ4v) is 2.16. The van der Waals surface area contributed by atoms with Gasteiger partial charge < -0.3 is 0 Å². The van der Waals surface area contributed by atoms with Gasteiger partial charge in [0.05, 0.1) is 0 Å². The molecule has 0 atom stereocenters. The van der Waals surface area contributed by atoms with Crippen LogP contribution in [0, 0.1) is 0 Å². The van der Waals surface area contributed by atoms with E-state index in [0.29, 0.717) is 4.75 Å². The molecular weight excluding hydrogens is 128 g/mol. The molecule has 0 saturated carbocycles. The van der Waals surface area contributed by atoms with Gasteiger partial charge in [0.2, 0.25) is 0 Å². The zero-order valence-electron chi connectivity index (χ0n) is 7.19. The van der Waals surface area contributed by atoms with Gasteiger partial charge in [0.1, 0.15) is 0 Å². The van der Waals surface area contributed by atoms with Crippen LogP contribution in [0.1, 0.15) is 41.0 Å². The van der Waals surface area contributed by atoms with Gasteiger partial charge in [-0.15, -0.1) is 0 Å². The Balaban J connectivity index is 3.58. The van der Waals surface area contributed by atoms with E-state index in [-0.39, 0.29) is 0 Å². The molecule has 0 aromatic heterocycles. The van der Waals surface area contributed by atoms with Gasteiger partial charge in [-0.05, 0) is 11.7 Å². The molecule has 0 nitrogen and oxygen atoms in total. The molecule has 0 fully saturated rings. The van der Waals surface area contributed by atoms with Crippen LogP contribution in [0.4, 0.5) is 0 Å². The zero-order valence-corrected chi connectivity index (χ0v) is 8.01. The average molecular weight is 146 g/mol. The maximum atomic E-state index is 2.30. The molecule has 0 aliphatic heterocycles. The molecule has 9 heavy (non-hydrogen) atoms. The molecule has 56 valence electrons. The van der Waals surface area contributed by atoms with Crippen molar-refractivity contribution in [2.75, 3.05) is 0 Å². The number of rotatable bonds is 3. The van der Waals surface area contributed by atoms with Crippen molar-refractivity contribution in [2.45, 2.75) is 51.0 Å². The Kier molecular flexibility index (Phi) is 3.64. The second-order valence-corrected chi connectivity index (χ2v) is 5.56. The van der Waals surface area contributed by atoms with Crippen LogP contribution < -0.4 is 0 Å². The summed E-state index contributed by atoms with van der Waals surface area (Å²) in [7, 11) is 0. The highest BCUT2D eigenvalue weighted by Gasteiger charge is 2.16. The molecule has 0 amide bonds. The lowest BCUT2D eigenvalue weighted by Crippen LogP contribution is -2.15. The SMILES string of the molecule is CCC(C)(C)SC(C)C. The predicted octanol–water partition coefficient (Wildman–Crippen LogP) is 3.32. The largest absolute Gasteiger partial charge is 0.153 e. The first-order valence-electron chi connectivity index (χ1n) is 3.66. The van der Waals surface area contributed by atoms with Gasteiger partial charge in [0, 0.05) is 4.75 Å². The molecule has 0 aliphatic carbocycles. The Bertz CT molecular complexity index is 74.6. The van der Waals surface area contributed by atoms with Gasteiger partial charge in [-0.3, -0.25) is 0 Å². The third-order valence-electron chi connectivity index (χ3n) is 1.41. The first-order valence-corrected chi connectivity index (χ1v) is 4.53. The lowest BCUT2D eigenvalue weighted by molar-refractivity contribution is 0.681. The number of thioether (sulfide) groups is 1. The summed E-state index contributed by atoms with van der Waals surface area (Å²) < 4.78 is 0.480. The molecule has 0 aromatic rings. The van der Waals surface area contributed by atoms with E-state index in [9.17, 15) is 0 Å².